The van der Waals surface area contributed by atoms with Crippen molar-refractivity contribution in [1.29, 1.82) is 0 Å². The van der Waals surface area contributed by atoms with E-state index >= 15 is 0 Å². The molecule has 1 rings (SSSR count). The van der Waals surface area contributed by atoms with Crippen molar-refractivity contribution in [2.45, 2.75) is 4.90 Å². The van der Waals surface area contributed by atoms with Gasteiger partial charge < -0.3 is 25.3 Å². The largest absolute Gasteiger partial charge is 1.00 e. The zero-order valence-electron chi connectivity index (χ0n) is 8.98. The van der Waals surface area contributed by atoms with Gasteiger partial charge >= 0.3 is 103 Å². The zero-order chi connectivity index (χ0) is 11.6. The Morgan fingerprint density at radius 1 is 1.12 bits per heavy atom. The van der Waals surface area contributed by atoms with Gasteiger partial charge in [0.25, 0.3) is 10.0 Å². The van der Waals surface area contributed by atoms with Gasteiger partial charge in [-0.1, -0.05) is 23.2 Å². The molecule has 0 atom stereocenters. The van der Waals surface area contributed by atoms with E-state index in [9.17, 15) is 8.42 Å². The second kappa shape index (κ2) is 9.96. The van der Waals surface area contributed by atoms with E-state index in [1.165, 1.54) is 18.2 Å². The van der Waals surface area contributed by atoms with Gasteiger partial charge in [0.05, 0.1) is 14.9 Å². The summed E-state index contributed by atoms with van der Waals surface area (Å²) < 4.78 is 25.8. The normalized spacial score (nSPS) is 9.76. The molecule has 0 aliphatic carbocycles. The number of hydrogen-bond acceptors (Lipinski definition) is 4. The molecule has 1 aromatic rings. The van der Waals surface area contributed by atoms with E-state index in [1.807, 2.05) is 0 Å². The van der Waals surface area contributed by atoms with Crippen LogP contribution in [0.25, 0.3) is 0 Å². The fourth-order valence-corrected chi connectivity index (χ4v) is 2.55. The van der Waals surface area contributed by atoms with Crippen LogP contribution in [0.1, 0.15) is 0 Å². The predicted octanol–water partition coefficient (Wildman–Crippen LogP) is -3.86. The van der Waals surface area contributed by atoms with Crippen LogP contribution in [0.5, 0.6) is 0 Å². The van der Waals surface area contributed by atoms with Gasteiger partial charge in [-0.05, 0) is 18.2 Å². The van der Waals surface area contributed by atoms with Crippen LogP contribution in [0.15, 0.2) is 27.5 Å². The molecule has 3 nitrogen and oxygen atoms in total. The Morgan fingerprint density at radius 2 is 1.65 bits per heavy atom. The minimum atomic E-state index is -3.86. The van der Waals surface area contributed by atoms with Crippen LogP contribution < -0.4 is 103 Å². The summed E-state index contributed by atoms with van der Waals surface area (Å²) in [6.45, 7) is 0. The Morgan fingerprint density at radius 3 is 2.06 bits per heavy atom. The van der Waals surface area contributed by atoms with Crippen molar-refractivity contribution in [3.8, 4) is 0 Å². The van der Waals surface area contributed by atoms with Gasteiger partial charge in [-0.3, -0.25) is 0 Å². The first-order valence-electron chi connectivity index (χ1n) is 3.47. The first kappa shape index (κ1) is 22.4. The molecule has 17 heavy (non-hydrogen) atoms. The first-order valence-corrected chi connectivity index (χ1v) is 6.48. The van der Waals surface area contributed by atoms with Crippen molar-refractivity contribution in [2.24, 2.45) is 4.40 Å². The van der Waals surface area contributed by atoms with Gasteiger partial charge in [-0.15, -0.1) is 0 Å². The predicted molar refractivity (Wildman–Crippen MR) is 65.8 cm³/mol. The molecule has 0 aromatic heterocycles. The monoisotopic (exact) mass is 377 g/mol. The number of nitrogens with zero attached hydrogens (tertiary/aromatic N) is 1. The van der Waals surface area contributed by atoms with Crippen LogP contribution in [0, 0.1) is 0 Å². The van der Waals surface area contributed by atoms with Crippen molar-refractivity contribution in [3.63, 3.8) is 0 Å². The summed E-state index contributed by atoms with van der Waals surface area (Å²) in [4.78, 5) is -0.0934. The summed E-state index contributed by atoms with van der Waals surface area (Å²) in [7, 11) is -3.86. The third kappa shape index (κ3) is 7.63. The summed E-state index contributed by atoms with van der Waals surface area (Å²) in [6, 6.07) is 3.83. The van der Waals surface area contributed by atoms with Crippen LogP contribution in [-0.4, -0.2) is 12.8 Å². The van der Waals surface area contributed by atoms with Gasteiger partial charge in [0.1, 0.15) is 0 Å². The Kier molecular flexibility index (Phi) is 13.1. The number of halogens is 2. The molecule has 10 heteroatoms. The fourth-order valence-electron chi connectivity index (χ4n) is 0.788. The fraction of sp³-hybridized carbons (Fsp3) is 0. The maximum absolute atomic E-state index is 11.5. The van der Waals surface area contributed by atoms with E-state index in [4.69, 9.17) is 23.2 Å². The van der Waals surface area contributed by atoms with Crippen LogP contribution in [0.4, 0.5) is 0 Å². The summed E-state index contributed by atoms with van der Waals surface area (Å²) in [5, 5.41) is 0.389. The topological polar surface area (TPSA) is 46.5 Å². The van der Waals surface area contributed by atoms with Crippen LogP contribution in [0.3, 0.4) is 0 Å². The molecule has 0 heterocycles. The third-order valence-electron chi connectivity index (χ3n) is 1.38. The molecule has 0 aliphatic heterocycles. The second-order valence-corrected chi connectivity index (χ2v) is 5.86. The van der Waals surface area contributed by atoms with E-state index in [0.29, 0.717) is 0 Å². The standard InChI is InChI=1S/C7H5Cl2NO2S3.2K/c8-5-2-1-4(3-6(5)9)15(11,12)10-7(13)14;;/h1-3H,(H2,10,13,14);;/q;2*+1/p-2. The number of sulfonamides is 1. The molecular formula is C7H3Cl2K2NO2S3. The van der Waals surface area contributed by atoms with Crippen molar-refractivity contribution < 1.29 is 111 Å². The average molecular weight is 378 g/mol. The van der Waals surface area contributed by atoms with Crippen LogP contribution in [-0.2, 0) is 35.3 Å². The molecule has 0 bridgehead atoms. The van der Waals surface area contributed by atoms with E-state index in [0.717, 1.165) is 0 Å². The minimum Gasteiger partial charge on any atom is -0.788 e. The molecule has 0 saturated carbocycles. The Bertz CT molecular complexity index is 518. The summed E-state index contributed by atoms with van der Waals surface area (Å²) in [6.07, 6.45) is 0. The quantitative estimate of drug-likeness (QED) is 0.229. The number of benzene rings is 1. The minimum absolute atomic E-state index is 0. The average Bonchev–Trinajstić information content (AvgIpc) is 2.07. The SMILES string of the molecule is O=S(=O)(N=C([S-])[S-])c1ccc(Cl)c(Cl)c1.[K+].[K+]. The van der Waals surface area contributed by atoms with Crippen molar-refractivity contribution in [2.75, 3.05) is 0 Å². The van der Waals surface area contributed by atoms with E-state index in [2.05, 4.69) is 29.7 Å². The van der Waals surface area contributed by atoms with Crippen molar-refractivity contribution >= 4 is 62.9 Å². The molecular weight excluding hydrogens is 375 g/mol. The molecule has 0 saturated heterocycles. The molecule has 0 spiro atoms. The molecule has 82 valence electrons. The van der Waals surface area contributed by atoms with Crippen LogP contribution >= 0.6 is 23.2 Å². The Hall–Kier alpha value is 3.13. The van der Waals surface area contributed by atoms with E-state index in [1.54, 1.807) is 0 Å². The summed E-state index contributed by atoms with van der Waals surface area (Å²) >= 11 is 20.1. The van der Waals surface area contributed by atoms with Gasteiger partial charge in [0.2, 0.25) is 0 Å². The van der Waals surface area contributed by atoms with Crippen molar-refractivity contribution in [3.05, 3.63) is 28.2 Å². The second-order valence-electron chi connectivity index (χ2n) is 2.41. The number of hydrogen-bond donors (Lipinski definition) is 0. The smallest absolute Gasteiger partial charge is 0.788 e. The Labute approximate surface area is 206 Å². The third-order valence-corrected chi connectivity index (χ3v) is 3.81. The van der Waals surface area contributed by atoms with Gasteiger partial charge in [0, 0.05) is 0 Å². The Balaban J connectivity index is 0. The van der Waals surface area contributed by atoms with Gasteiger partial charge in [0.15, 0.2) is 0 Å². The maximum Gasteiger partial charge on any atom is 1.00 e. The summed E-state index contributed by atoms with van der Waals surface area (Å²) in [5.41, 5.74) is 0. The molecule has 1 aromatic carbocycles. The summed E-state index contributed by atoms with van der Waals surface area (Å²) in [5.74, 6) is 0. The van der Waals surface area contributed by atoms with Gasteiger partial charge in [-0.2, -0.15) is 8.42 Å². The van der Waals surface area contributed by atoms with Gasteiger partial charge in [-0.25, -0.2) is 8.77 Å². The molecule has 0 aliphatic rings. The molecule has 0 radical (unpaired) electrons. The molecule has 0 fully saturated rings. The molecule has 0 amide bonds. The van der Waals surface area contributed by atoms with Crippen LogP contribution in [0.2, 0.25) is 10.0 Å². The van der Waals surface area contributed by atoms with Crippen molar-refractivity contribution in [1.82, 2.24) is 0 Å². The first-order chi connectivity index (χ1) is 6.83. The maximum atomic E-state index is 11.5. The molecule has 0 N–H and O–H groups in total. The zero-order valence-corrected chi connectivity index (χ0v) is 19.2. The molecule has 0 unspecified atom stereocenters. The number of rotatable bonds is 2. The van der Waals surface area contributed by atoms with E-state index in [-0.39, 0.29) is 122 Å². The van der Waals surface area contributed by atoms with E-state index < -0.39 is 10.0 Å².